The number of aryl methyl sites for hydroxylation is 1. The highest BCUT2D eigenvalue weighted by Gasteiger charge is 2.46. The fourth-order valence-electron chi connectivity index (χ4n) is 3.33. The van der Waals surface area contributed by atoms with Crippen LogP contribution in [0.3, 0.4) is 0 Å². The zero-order chi connectivity index (χ0) is 17.6. The number of benzene rings is 3. The summed E-state index contributed by atoms with van der Waals surface area (Å²) in [7, 11) is 0. The minimum absolute atomic E-state index is 0.266. The highest BCUT2D eigenvalue weighted by Crippen LogP contribution is 2.39. The monoisotopic (exact) mass is 331 g/mol. The summed E-state index contributed by atoms with van der Waals surface area (Å²) >= 11 is 0. The molecule has 1 unspecified atom stereocenters. The third-order valence-electron chi connectivity index (χ3n) is 4.73. The molecule has 4 nitrogen and oxygen atoms in total. The fourth-order valence-corrected chi connectivity index (χ4v) is 3.33. The van der Waals surface area contributed by atoms with Crippen molar-refractivity contribution >= 4 is 28.2 Å². The van der Waals surface area contributed by atoms with Crippen molar-refractivity contribution in [2.75, 3.05) is 5.32 Å². The summed E-state index contributed by atoms with van der Waals surface area (Å²) in [4.78, 5) is 25.1. The van der Waals surface area contributed by atoms with E-state index in [9.17, 15) is 14.7 Å². The Morgan fingerprint density at radius 2 is 1.80 bits per heavy atom. The minimum Gasteiger partial charge on any atom is -0.375 e. The Hall–Kier alpha value is -2.98. The molecule has 3 aromatic carbocycles. The Kier molecular flexibility index (Phi) is 3.44. The SMILES string of the molecule is Cc1ccc2c(c1)C(O)(CC(=O)c1ccc3ccccc3c1)C(=O)N2. The molecule has 1 amide bonds. The quantitative estimate of drug-likeness (QED) is 0.721. The average Bonchev–Trinajstić information content (AvgIpc) is 2.85. The van der Waals surface area contributed by atoms with Gasteiger partial charge in [-0.2, -0.15) is 0 Å². The third kappa shape index (κ3) is 2.51. The number of hydrogen-bond acceptors (Lipinski definition) is 3. The summed E-state index contributed by atoms with van der Waals surface area (Å²) in [6.07, 6.45) is -0.284. The molecule has 4 rings (SSSR count). The van der Waals surface area contributed by atoms with Gasteiger partial charge in [-0.3, -0.25) is 9.59 Å². The number of fused-ring (bicyclic) bond motifs is 2. The first-order valence-corrected chi connectivity index (χ1v) is 8.14. The lowest BCUT2D eigenvalue weighted by molar-refractivity contribution is -0.133. The minimum atomic E-state index is -1.83. The molecule has 124 valence electrons. The summed E-state index contributed by atoms with van der Waals surface area (Å²) in [6.45, 7) is 1.88. The van der Waals surface area contributed by atoms with E-state index in [4.69, 9.17) is 0 Å². The summed E-state index contributed by atoms with van der Waals surface area (Å²) in [5.41, 5.74) is 0.605. The summed E-state index contributed by atoms with van der Waals surface area (Å²) in [6, 6.07) is 18.5. The van der Waals surface area contributed by atoms with Crippen molar-refractivity contribution in [1.82, 2.24) is 0 Å². The van der Waals surface area contributed by atoms with Crippen molar-refractivity contribution in [2.45, 2.75) is 18.9 Å². The number of ketones is 1. The maximum absolute atomic E-state index is 12.7. The second-order valence-corrected chi connectivity index (χ2v) is 6.53. The number of anilines is 1. The Morgan fingerprint density at radius 3 is 2.60 bits per heavy atom. The van der Waals surface area contributed by atoms with Crippen LogP contribution >= 0.6 is 0 Å². The molecule has 3 aromatic rings. The number of carbonyl (C=O) groups is 2. The predicted molar refractivity (Wildman–Crippen MR) is 96.6 cm³/mol. The number of Topliss-reactive ketones (excluding diaryl/α,β-unsaturated/α-hetero) is 1. The van der Waals surface area contributed by atoms with Crippen LogP contribution in [-0.4, -0.2) is 16.8 Å². The molecular weight excluding hydrogens is 314 g/mol. The molecule has 2 N–H and O–H groups in total. The number of nitrogens with one attached hydrogen (secondary N) is 1. The van der Waals surface area contributed by atoms with Crippen molar-refractivity contribution in [2.24, 2.45) is 0 Å². The molecule has 0 saturated carbocycles. The van der Waals surface area contributed by atoms with E-state index < -0.39 is 11.5 Å². The van der Waals surface area contributed by atoms with Crippen LogP contribution in [0, 0.1) is 6.92 Å². The summed E-state index contributed by atoms with van der Waals surface area (Å²) in [5, 5.41) is 15.6. The molecule has 1 heterocycles. The highest BCUT2D eigenvalue weighted by atomic mass is 16.3. The van der Waals surface area contributed by atoms with E-state index in [2.05, 4.69) is 5.32 Å². The number of rotatable bonds is 3. The highest BCUT2D eigenvalue weighted by molar-refractivity contribution is 6.10. The van der Waals surface area contributed by atoms with Crippen molar-refractivity contribution in [3.8, 4) is 0 Å². The predicted octanol–water partition coefficient (Wildman–Crippen LogP) is 3.56. The molecule has 1 atom stereocenters. The van der Waals surface area contributed by atoms with E-state index >= 15 is 0 Å². The first-order valence-electron chi connectivity index (χ1n) is 8.14. The molecule has 0 aliphatic carbocycles. The number of aliphatic hydroxyl groups is 1. The first kappa shape index (κ1) is 15.5. The normalized spacial score (nSPS) is 18.9. The molecule has 0 aromatic heterocycles. The molecule has 0 saturated heterocycles. The maximum Gasteiger partial charge on any atom is 0.261 e. The standard InChI is InChI=1S/C21H17NO3/c1-13-6-9-18-17(10-13)21(25,20(24)22-18)12-19(23)16-8-7-14-4-2-3-5-15(14)11-16/h2-11,25H,12H2,1H3,(H,22,24). The van der Waals surface area contributed by atoms with Gasteiger partial charge >= 0.3 is 0 Å². The van der Waals surface area contributed by atoms with Gasteiger partial charge in [-0.15, -0.1) is 0 Å². The van der Waals surface area contributed by atoms with Crippen molar-refractivity contribution in [1.29, 1.82) is 0 Å². The van der Waals surface area contributed by atoms with Gasteiger partial charge in [0.15, 0.2) is 11.4 Å². The van der Waals surface area contributed by atoms with Crippen LogP contribution in [-0.2, 0) is 10.4 Å². The molecule has 4 heteroatoms. The van der Waals surface area contributed by atoms with Crippen LogP contribution < -0.4 is 5.32 Å². The number of amides is 1. The van der Waals surface area contributed by atoms with Gasteiger partial charge in [0.25, 0.3) is 5.91 Å². The second-order valence-electron chi connectivity index (χ2n) is 6.53. The zero-order valence-corrected chi connectivity index (χ0v) is 13.7. The smallest absolute Gasteiger partial charge is 0.261 e. The van der Waals surface area contributed by atoms with E-state index in [-0.39, 0.29) is 12.2 Å². The Morgan fingerprint density at radius 1 is 1.04 bits per heavy atom. The number of hydrogen-bond donors (Lipinski definition) is 2. The van der Waals surface area contributed by atoms with Crippen LogP contribution in [0.15, 0.2) is 60.7 Å². The lowest BCUT2D eigenvalue weighted by Crippen LogP contribution is -2.36. The van der Waals surface area contributed by atoms with Gasteiger partial charge in [-0.05, 0) is 29.8 Å². The van der Waals surface area contributed by atoms with Gasteiger partial charge in [0.05, 0.1) is 6.42 Å². The van der Waals surface area contributed by atoms with Crippen molar-refractivity contribution < 1.29 is 14.7 Å². The molecule has 1 aliphatic heterocycles. The van der Waals surface area contributed by atoms with Gasteiger partial charge < -0.3 is 10.4 Å². The van der Waals surface area contributed by atoms with Crippen LogP contribution in [0.5, 0.6) is 0 Å². The summed E-state index contributed by atoms with van der Waals surface area (Å²) < 4.78 is 0. The van der Waals surface area contributed by atoms with Gasteiger partial charge in [-0.1, -0.05) is 54.1 Å². The summed E-state index contributed by atoms with van der Waals surface area (Å²) in [5.74, 6) is -0.819. The second kappa shape index (κ2) is 5.53. The van der Waals surface area contributed by atoms with E-state index in [0.717, 1.165) is 16.3 Å². The molecule has 25 heavy (non-hydrogen) atoms. The molecular formula is C21H17NO3. The zero-order valence-electron chi connectivity index (χ0n) is 13.7. The lowest BCUT2D eigenvalue weighted by atomic mass is 9.87. The van der Waals surface area contributed by atoms with Crippen LogP contribution in [0.1, 0.15) is 27.9 Å². The van der Waals surface area contributed by atoms with Crippen LogP contribution in [0.4, 0.5) is 5.69 Å². The van der Waals surface area contributed by atoms with Crippen molar-refractivity contribution in [3.05, 3.63) is 77.4 Å². The molecule has 0 fully saturated rings. The van der Waals surface area contributed by atoms with Gasteiger partial charge in [0.2, 0.25) is 0 Å². The fraction of sp³-hybridized carbons (Fsp3) is 0.143. The van der Waals surface area contributed by atoms with Crippen molar-refractivity contribution in [3.63, 3.8) is 0 Å². The topological polar surface area (TPSA) is 66.4 Å². The average molecular weight is 331 g/mol. The van der Waals surface area contributed by atoms with Gasteiger partial charge in [0.1, 0.15) is 0 Å². The van der Waals surface area contributed by atoms with E-state index in [0.29, 0.717) is 16.8 Å². The van der Waals surface area contributed by atoms with E-state index in [1.54, 1.807) is 24.3 Å². The maximum atomic E-state index is 12.7. The Bertz CT molecular complexity index is 1020. The Balaban J connectivity index is 1.70. The molecule has 0 spiro atoms. The molecule has 0 radical (unpaired) electrons. The van der Waals surface area contributed by atoms with Gasteiger partial charge in [-0.25, -0.2) is 0 Å². The first-order chi connectivity index (χ1) is 12.0. The van der Waals surface area contributed by atoms with Gasteiger partial charge in [0, 0.05) is 16.8 Å². The largest absolute Gasteiger partial charge is 0.375 e. The Labute approximate surface area is 145 Å². The van der Waals surface area contributed by atoms with Crippen LogP contribution in [0.2, 0.25) is 0 Å². The van der Waals surface area contributed by atoms with E-state index in [1.165, 1.54) is 0 Å². The van der Waals surface area contributed by atoms with Crippen LogP contribution in [0.25, 0.3) is 10.8 Å². The third-order valence-corrected chi connectivity index (χ3v) is 4.73. The lowest BCUT2D eigenvalue weighted by Gasteiger charge is -2.20. The van der Waals surface area contributed by atoms with E-state index in [1.807, 2.05) is 43.3 Å². The number of carbonyl (C=O) groups excluding carboxylic acids is 2. The molecule has 0 bridgehead atoms. The molecule has 1 aliphatic rings.